The van der Waals surface area contributed by atoms with Gasteiger partial charge < -0.3 is 18.9 Å². The smallest absolute Gasteiger partial charge is 0.161 e. The molecule has 26 heavy (non-hydrogen) atoms. The first kappa shape index (κ1) is 18.9. The zero-order chi connectivity index (χ0) is 18.9. The summed E-state index contributed by atoms with van der Waals surface area (Å²) in [5.74, 6) is 2.38. The molecule has 0 N–H and O–H groups in total. The molecule has 5 nitrogen and oxygen atoms in total. The van der Waals surface area contributed by atoms with Gasteiger partial charge in [-0.3, -0.25) is 0 Å². The van der Waals surface area contributed by atoms with Gasteiger partial charge in [-0.2, -0.15) is 5.26 Å². The van der Waals surface area contributed by atoms with E-state index in [1.165, 1.54) is 0 Å². The highest BCUT2D eigenvalue weighted by Gasteiger charge is 2.09. The predicted octanol–water partition coefficient (Wildman–Crippen LogP) is 4.34. The summed E-state index contributed by atoms with van der Waals surface area (Å²) in [5.41, 5.74) is 2.04. The monoisotopic (exact) mass is 351 g/mol. The highest BCUT2D eigenvalue weighted by Crippen LogP contribution is 2.32. The van der Waals surface area contributed by atoms with E-state index in [-0.39, 0.29) is 0 Å². The summed E-state index contributed by atoms with van der Waals surface area (Å²) in [6, 6.07) is 13.1. The Labute approximate surface area is 153 Å². The highest BCUT2D eigenvalue weighted by molar-refractivity contribution is 5.90. The molecule has 134 valence electrons. The lowest BCUT2D eigenvalue weighted by Gasteiger charge is -2.11. The molecule has 0 aliphatic rings. The third kappa shape index (κ3) is 4.37. The predicted molar refractivity (Wildman–Crippen MR) is 102 cm³/mol. The molecule has 2 aromatic rings. The molecule has 5 heteroatoms. The van der Waals surface area contributed by atoms with Crippen molar-refractivity contribution in [3.8, 4) is 29.1 Å². The van der Waals surface area contributed by atoms with Crippen molar-refractivity contribution in [3.63, 3.8) is 0 Å². The van der Waals surface area contributed by atoms with Crippen LogP contribution in [-0.2, 0) is 0 Å². The first-order valence-corrected chi connectivity index (χ1v) is 7.92. The Kier molecular flexibility index (Phi) is 6.69. The number of hydrogen-bond acceptors (Lipinski definition) is 5. The second-order valence-corrected chi connectivity index (χ2v) is 5.25. The Morgan fingerprint density at radius 3 is 2.23 bits per heavy atom. The zero-order valence-electron chi connectivity index (χ0n) is 15.1. The molecule has 0 aliphatic heterocycles. The summed E-state index contributed by atoms with van der Waals surface area (Å²) in [6.45, 7) is 4.02. The molecule has 2 rings (SSSR count). The van der Waals surface area contributed by atoms with Crippen LogP contribution in [-0.4, -0.2) is 27.9 Å². The fourth-order valence-corrected chi connectivity index (χ4v) is 2.39. The zero-order valence-corrected chi connectivity index (χ0v) is 15.1. The van der Waals surface area contributed by atoms with E-state index in [0.717, 1.165) is 11.1 Å². The van der Waals surface area contributed by atoms with Gasteiger partial charge >= 0.3 is 0 Å². The van der Waals surface area contributed by atoms with E-state index in [2.05, 4.69) is 12.6 Å². The molecule has 0 aliphatic carbocycles. The number of nitrogens with zero attached hydrogens (tertiary/aromatic N) is 1. The van der Waals surface area contributed by atoms with Gasteiger partial charge in [-0.05, 0) is 47.5 Å². The van der Waals surface area contributed by atoms with Gasteiger partial charge in [-0.15, -0.1) is 0 Å². The minimum Gasteiger partial charge on any atom is -0.493 e. The van der Waals surface area contributed by atoms with E-state index in [9.17, 15) is 5.26 Å². The Hall–Kier alpha value is -3.39. The normalized spacial score (nSPS) is 10.6. The Morgan fingerprint density at radius 2 is 1.62 bits per heavy atom. The van der Waals surface area contributed by atoms with Crippen LogP contribution in [0.15, 0.2) is 49.1 Å². The molecule has 0 amide bonds. The number of hydrogen-bond donors (Lipinski definition) is 0. The standard InChI is InChI=1S/C21H21NO4/c1-5-10-26-19-8-6-15(12-20(19)24-3)11-17(14-22)16-7-9-18(23-2)21(13-16)25-4/h5-9,11-13H,1,10H2,2-4H3/b17-11+. The van der Waals surface area contributed by atoms with Crippen LogP contribution in [0, 0.1) is 11.3 Å². The third-order valence-corrected chi connectivity index (χ3v) is 3.67. The molecule has 0 aromatic heterocycles. The van der Waals surface area contributed by atoms with Gasteiger partial charge in [-0.25, -0.2) is 0 Å². The molecule has 0 atom stereocenters. The van der Waals surface area contributed by atoms with Crippen LogP contribution in [0.3, 0.4) is 0 Å². The number of ether oxygens (including phenoxy) is 4. The Balaban J connectivity index is 2.40. The number of rotatable bonds is 8. The van der Waals surface area contributed by atoms with Gasteiger partial charge in [0.05, 0.1) is 33.0 Å². The summed E-state index contributed by atoms with van der Waals surface area (Å²) >= 11 is 0. The number of allylic oxidation sites excluding steroid dienone is 1. The summed E-state index contributed by atoms with van der Waals surface area (Å²) in [4.78, 5) is 0. The van der Waals surface area contributed by atoms with Crippen molar-refractivity contribution in [2.24, 2.45) is 0 Å². The minimum atomic E-state index is 0.390. The van der Waals surface area contributed by atoms with Crippen LogP contribution < -0.4 is 18.9 Å². The summed E-state index contributed by atoms with van der Waals surface area (Å²) in [5, 5.41) is 9.57. The largest absolute Gasteiger partial charge is 0.493 e. The first-order valence-electron chi connectivity index (χ1n) is 7.92. The summed E-state index contributed by atoms with van der Waals surface area (Å²) in [7, 11) is 4.70. The lowest BCUT2D eigenvalue weighted by atomic mass is 10.0. The summed E-state index contributed by atoms with van der Waals surface area (Å²) < 4.78 is 21.4. The van der Waals surface area contributed by atoms with E-state index in [1.807, 2.05) is 18.2 Å². The van der Waals surface area contributed by atoms with Gasteiger partial charge in [0, 0.05) is 0 Å². The second kappa shape index (κ2) is 9.19. The van der Waals surface area contributed by atoms with Crippen LogP contribution >= 0.6 is 0 Å². The number of nitriles is 1. The molecule has 0 fully saturated rings. The minimum absolute atomic E-state index is 0.390. The average molecular weight is 351 g/mol. The van der Waals surface area contributed by atoms with Gasteiger partial charge in [0.15, 0.2) is 23.0 Å². The van der Waals surface area contributed by atoms with Crippen molar-refractivity contribution in [2.75, 3.05) is 27.9 Å². The second-order valence-electron chi connectivity index (χ2n) is 5.25. The van der Waals surface area contributed by atoms with Crippen LogP contribution in [0.1, 0.15) is 11.1 Å². The molecule has 0 bridgehead atoms. The molecule has 0 unspecified atom stereocenters. The van der Waals surface area contributed by atoms with Crippen molar-refractivity contribution >= 4 is 11.6 Å². The topological polar surface area (TPSA) is 60.7 Å². The lowest BCUT2D eigenvalue weighted by Crippen LogP contribution is -1.96. The van der Waals surface area contributed by atoms with E-state index in [1.54, 1.807) is 51.7 Å². The molecular formula is C21H21NO4. The van der Waals surface area contributed by atoms with Crippen molar-refractivity contribution in [1.82, 2.24) is 0 Å². The first-order chi connectivity index (χ1) is 12.7. The highest BCUT2D eigenvalue weighted by atomic mass is 16.5. The van der Waals surface area contributed by atoms with Crippen molar-refractivity contribution in [2.45, 2.75) is 0 Å². The van der Waals surface area contributed by atoms with E-state index >= 15 is 0 Å². The van der Waals surface area contributed by atoms with Gasteiger partial charge in [0.2, 0.25) is 0 Å². The van der Waals surface area contributed by atoms with Crippen LogP contribution in [0.4, 0.5) is 0 Å². The van der Waals surface area contributed by atoms with Gasteiger partial charge in [-0.1, -0.05) is 18.7 Å². The van der Waals surface area contributed by atoms with E-state index < -0.39 is 0 Å². The average Bonchev–Trinajstić information content (AvgIpc) is 2.70. The molecule has 0 saturated carbocycles. The molecule has 2 aromatic carbocycles. The maximum Gasteiger partial charge on any atom is 0.161 e. The SMILES string of the molecule is C=CCOc1ccc(/C=C(\C#N)c2ccc(OC)c(OC)c2)cc1OC. The van der Waals surface area contributed by atoms with Crippen LogP contribution in [0.5, 0.6) is 23.0 Å². The Bertz CT molecular complexity index is 850. The van der Waals surface area contributed by atoms with Gasteiger partial charge in [0.1, 0.15) is 6.61 Å². The Morgan fingerprint density at radius 1 is 0.962 bits per heavy atom. The lowest BCUT2D eigenvalue weighted by molar-refractivity contribution is 0.326. The quantitative estimate of drug-likeness (QED) is 0.402. The van der Waals surface area contributed by atoms with Gasteiger partial charge in [0.25, 0.3) is 0 Å². The van der Waals surface area contributed by atoms with E-state index in [0.29, 0.717) is 35.2 Å². The molecule has 0 radical (unpaired) electrons. The van der Waals surface area contributed by atoms with Crippen LogP contribution in [0.2, 0.25) is 0 Å². The maximum atomic E-state index is 9.57. The maximum absolute atomic E-state index is 9.57. The molecular weight excluding hydrogens is 330 g/mol. The van der Waals surface area contributed by atoms with Crippen molar-refractivity contribution < 1.29 is 18.9 Å². The van der Waals surface area contributed by atoms with Crippen LogP contribution in [0.25, 0.3) is 11.6 Å². The number of methoxy groups -OCH3 is 3. The van der Waals surface area contributed by atoms with Crippen molar-refractivity contribution in [3.05, 3.63) is 60.2 Å². The molecule has 0 heterocycles. The van der Waals surface area contributed by atoms with E-state index in [4.69, 9.17) is 18.9 Å². The number of benzene rings is 2. The van der Waals surface area contributed by atoms with Crippen molar-refractivity contribution in [1.29, 1.82) is 5.26 Å². The third-order valence-electron chi connectivity index (χ3n) is 3.67. The fourth-order valence-electron chi connectivity index (χ4n) is 2.39. The fraction of sp³-hybridized carbons (Fsp3) is 0.190. The summed E-state index contributed by atoms with van der Waals surface area (Å²) in [6.07, 6.45) is 3.44. The molecule has 0 saturated heterocycles. The molecule has 0 spiro atoms.